The van der Waals surface area contributed by atoms with E-state index in [1.54, 1.807) is 13.0 Å². The molecule has 0 unspecified atom stereocenters. The predicted molar refractivity (Wildman–Crippen MR) is 89.9 cm³/mol. The summed E-state index contributed by atoms with van der Waals surface area (Å²) in [7, 11) is 3.36. The monoisotopic (exact) mass is 327 g/mol. The lowest BCUT2D eigenvalue weighted by Crippen LogP contribution is -2.17. The topological polar surface area (TPSA) is 60.0 Å². The van der Waals surface area contributed by atoms with Crippen molar-refractivity contribution in [3.63, 3.8) is 0 Å². The van der Waals surface area contributed by atoms with Crippen LogP contribution >= 0.6 is 0 Å². The van der Waals surface area contributed by atoms with E-state index in [1.807, 2.05) is 19.2 Å². The summed E-state index contributed by atoms with van der Waals surface area (Å²) in [4.78, 5) is 18.4. The Labute approximate surface area is 140 Å². The number of pyridine rings is 1. The summed E-state index contributed by atoms with van der Waals surface area (Å²) < 4.78 is 12.5. The quantitative estimate of drug-likeness (QED) is 0.674. The number of esters is 1. The highest BCUT2D eigenvalue weighted by Gasteiger charge is 2.16. The van der Waals surface area contributed by atoms with E-state index in [9.17, 15) is 4.79 Å². The molecule has 0 amide bonds. The van der Waals surface area contributed by atoms with Crippen molar-refractivity contribution in [1.29, 1.82) is 0 Å². The van der Waals surface area contributed by atoms with Gasteiger partial charge >= 0.3 is 5.97 Å². The summed E-state index contributed by atoms with van der Waals surface area (Å²) in [5, 5.41) is 0. The molecule has 3 rings (SSSR count). The second-order valence-electron chi connectivity index (χ2n) is 5.97. The maximum Gasteiger partial charge on any atom is 0.341 e. The summed E-state index contributed by atoms with van der Waals surface area (Å²) in [6.07, 6.45) is 2.05. The number of ether oxygens (including phenoxy) is 1. The molecule has 24 heavy (non-hydrogen) atoms. The third-order valence-corrected chi connectivity index (χ3v) is 3.98. The summed E-state index contributed by atoms with van der Waals surface area (Å²) in [5.74, 6) is 0.935. The molecule has 0 bridgehead atoms. The highest BCUT2D eigenvalue weighted by atomic mass is 16.5. The lowest BCUT2D eigenvalue weighted by molar-refractivity contribution is 0.0599. The molecular formula is C18H21N3O3. The second kappa shape index (κ2) is 6.49. The molecule has 0 aliphatic heterocycles. The molecule has 3 aromatic rings. The first-order valence-electron chi connectivity index (χ1n) is 7.77. The Balaban J connectivity index is 1.72. The zero-order valence-electron chi connectivity index (χ0n) is 14.4. The van der Waals surface area contributed by atoms with Crippen molar-refractivity contribution in [2.45, 2.75) is 26.9 Å². The zero-order valence-corrected chi connectivity index (χ0v) is 14.4. The van der Waals surface area contributed by atoms with Crippen molar-refractivity contribution in [3.8, 4) is 0 Å². The Bertz CT molecular complexity index is 879. The van der Waals surface area contributed by atoms with Gasteiger partial charge in [-0.1, -0.05) is 6.07 Å². The second-order valence-corrected chi connectivity index (χ2v) is 5.97. The molecule has 0 aromatic carbocycles. The molecular weight excluding hydrogens is 306 g/mol. The van der Waals surface area contributed by atoms with E-state index in [-0.39, 0.29) is 5.97 Å². The van der Waals surface area contributed by atoms with Gasteiger partial charge in [0.1, 0.15) is 22.7 Å². The van der Waals surface area contributed by atoms with Crippen molar-refractivity contribution in [3.05, 3.63) is 58.9 Å². The number of methoxy groups -OCH3 is 1. The van der Waals surface area contributed by atoms with Crippen LogP contribution in [-0.4, -0.2) is 34.4 Å². The number of carbonyl (C=O) groups is 1. The van der Waals surface area contributed by atoms with E-state index in [2.05, 4.69) is 33.5 Å². The lowest BCUT2D eigenvalue weighted by Gasteiger charge is -2.12. The van der Waals surface area contributed by atoms with Crippen LogP contribution < -0.4 is 0 Å². The van der Waals surface area contributed by atoms with Gasteiger partial charge in [0.2, 0.25) is 0 Å². The molecule has 0 spiro atoms. The molecule has 0 radical (unpaired) electrons. The van der Waals surface area contributed by atoms with Crippen LogP contribution in [0.3, 0.4) is 0 Å². The number of hydrogen-bond acceptors (Lipinski definition) is 5. The van der Waals surface area contributed by atoms with Crippen LogP contribution in [0.25, 0.3) is 5.65 Å². The van der Waals surface area contributed by atoms with Crippen LogP contribution in [-0.2, 0) is 17.8 Å². The Morgan fingerprint density at radius 1 is 1.33 bits per heavy atom. The van der Waals surface area contributed by atoms with Gasteiger partial charge < -0.3 is 13.6 Å². The summed E-state index contributed by atoms with van der Waals surface area (Å²) in [6, 6.07) is 7.80. The molecule has 3 heterocycles. The Hall–Kier alpha value is -2.60. The smallest absolute Gasteiger partial charge is 0.341 e. The number of carbonyl (C=O) groups excluding carboxylic acids is 1. The third kappa shape index (κ3) is 3.19. The van der Waals surface area contributed by atoms with Gasteiger partial charge in [0.05, 0.1) is 19.3 Å². The van der Waals surface area contributed by atoms with Crippen molar-refractivity contribution < 1.29 is 13.9 Å². The van der Waals surface area contributed by atoms with E-state index in [1.165, 1.54) is 7.11 Å². The molecule has 0 aliphatic rings. The summed E-state index contributed by atoms with van der Waals surface area (Å²) >= 11 is 0. The van der Waals surface area contributed by atoms with Crippen LogP contribution in [0.1, 0.15) is 33.3 Å². The molecule has 0 saturated heterocycles. The molecule has 0 atom stereocenters. The standard InChI is InChI=1S/C18H21N3O3/c1-12-6-5-7-17-19-14(10-21(12)17)9-20(3)11-15-8-16(13(2)24-15)18(22)23-4/h5-8,10H,9,11H2,1-4H3. The van der Waals surface area contributed by atoms with Crippen molar-refractivity contribution in [2.75, 3.05) is 14.2 Å². The predicted octanol–water partition coefficient (Wildman–Crippen LogP) is 2.96. The first-order chi connectivity index (χ1) is 11.5. The highest BCUT2D eigenvalue weighted by molar-refractivity contribution is 5.90. The lowest BCUT2D eigenvalue weighted by atomic mass is 10.2. The number of aryl methyl sites for hydroxylation is 2. The minimum atomic E-state index is -0.374. The number of nitrogens with zero attached hydrogens (tertiary/aromatic N) is 3. The van der Waals surface area contributed by atoms with Gasteiger partial charge in [0.25, 0.3) is 0 Å². The van der Waals surface area contributed by atoms with E-state index in [4.69, 9.17) is 9.15 Å². The van der Waals surface area contributed by atoms with Crippen LogP contribution in [0, 0.1) is 13.8 Å². The van der Waals surface area contributed by atoms with Gasteiger partial charge in [-0.05, 0) is 39.1 Å². The zero-order chi connectivity index (χ0) is 17.3. The van der Waals surface area contributed by atoms with Crippen molar-refractivity contribution >= 4 is 11.6 Å². The van der Waals surface area contributed by atoms with Crippen LogP contribution in [0.4, 0.5) is 0 Å². The van der Waals surface area contributed by atoms with E-state index >= 15 is 0 Å². The molecule has 6 nitrogen and oxygen atoms in total. The fourth-order valence-electron chi connectivity index (χ4n) is 2.81. The normalized spacial score (nSPS) is 11.4. The van der Waals surface area contributed by atoms with E-state index < -0.39 is 0 Å². The molecule has 0 N–H and O–H groups in total. The average molecular weight is 327 g/mol. The van der Waals surface area contributed by atoms with E-state index in [0.717, 1.165) is 22.8 Å². The first kappa shape index (κ1) is 16.3. The molecule has 6 heteroatoms. The maximum atomic E-state index is 11.6. The Morgan fingerprint density at radius 2 is 2.12 bits per heavy atom. The minimum Gasteiger partial charge on any atom is -0.465 e. The van der Waals surface area contributed by atoms with Gasteiger partial charge in [0, 0.05) is 18.4 Å². The van der Waals surface area contributed by atoms with Crippen LogP contribution in [0.2, 0.25) is 0 Å². The molecule has 0 fully saturated rings. The van der Waals surface area contributed by atoms with Gasteiger partial charge in [-0.2, -0.15) is 0 Å². The van der Waals surface area contributed by atoms with Gasteiger partial charge in [0.15, 0.2) is 0 Å². The third-order valence-electron chi connectivity index (χ3n) is 3.98. The van der Waals surface area contributed by atoms with Crippen molar-refractivity contribution in [1.82, 2.24) is 14.3 Å². The fraction of sp³-hybridized carbons (Fsp3) is 0.333. The fourth-order valence-corrected chi connectivity index (χ4v) is 2.81. The number of aromatic nitrogens is 2. The van der Waals surface area contributed by atoms with Crippen LogP contribution in [0.15, 0.2) is 34.9 Å². The largest absolute Gasteiger partial charge is 0.465 e. The molecule has 3 aromatic heterocycles. The van der Waals surface area contributed by atoms with Gasteiger partial charge in [-0.3, -0.25) is 4.90 Å². The molecule has 0 aliphatic carbocycles. The average Bonchev–Trinajstić information content (AvgIpc) is 3.10. The number of furan rings is 1. The number of fused-ring (bicyclic) bond motifs is 1. The number of hydrogen-bond donors (Lipinski definition) is 0. The van der Waals surface area contributed by atoms with E-state index in [0.29, 0.717) is 24.4 Å². The highest BCUT2D eigenvalue weighted by Crippen LogP contribution is 2.18. The SMILES string of the molecule is COC(=O)c1cc(CN(C)Cc2cn3c(C)cccc3n2)oc1C. The minimum absolute atomic E-state index is 0.374. The van der Waals surface area contributed by atoms with Crippen LogP contribution in [0.5, 0.6) is 0 Å². The Kier molecular flexibility index (Phi) is 4.40. The summed E-state index contributed by atoms with van der Waals surface area (Å²) in [5.41, 5.74) is 3.56. The molecule has 126 valence electrons. The number of rotatable bonds is 5. The maximum absolute atomic E-state index is 11.6. The summed E-state index contributed by atoms with van der Waals surface area (Å²) in [6.45, 7) is 5.10. The molecule has 0 saturated carbocycles. The van der Waals surface area contributed by atoms with Gasteiger partial charge in [-0.15, -0.1) is 0 Å². The van der Waals surface area contributed by atoms with Gasteiger partial charge in [-0.25, -0.2) is 9.78 Å². The number of imidazole rings is 1. The van der Waals surface area contributed by atoms with Crippen molar-refractivity contribution in [2.24, 2.45) is 0 Å². The Morgan fingerprint density at radius 3 is 2.83 bits per heavy atom. The first-order valence-corrected chi connectivity index (χ1v) is 7.77.